The van der Waals surface area contributed by atoms with Crippen molar-refractivity contribution in [2.75, 3.05) is 13.2 Å². The highest BCUT2D eigenvalue weighted by Crippen LogP contribution is 2.54. The molecule has 12 heteroatoms. The highest BCUT2D eigenvalue weighted by molar-refractivity contribution is 9.25. The minimum absolute atomic E-state index is 0.129. The van der Waals surface area contributed by atoms with Gasteiger partial charge in [0.15, 0.2) is 0 Å². The lowest BCUT2D eigenvalue weighted by Crippen LogP contribution is -2.28. The molecule has 1 unspecified atom stereocenters. The zero-order valence-corrected chi connectivity index (χ0v) is 21.9. The lowest BCUT2D eigenvalue weighted by atomic mass is 10.3. The highest BCUT2D eigenvalue weighted by atomic mass is 79.9. The molecule has 6 nitrogen and oxygen atoms in total. The summed E-state index contributed by atoms with van der Waals surface area (Å²) in [7, 11) is 0. The third-order valence-electron chi connectivity index (χ3n) is 2.89. The summed E-state index contributed by atoms with van der Waals surface area (Å²) in [6.45, 7) is -4.13. The van der Waals surface area contributed by atoms with Gasteiger partial charge in [-0.25, -0.2) is 4.57 Å². The maximum atomic E-state index is 11.1. The monoisotopic (exact) mass is 684 g/mol. The topological polar surface area (TPSA) is 74.2 Å². The molecule has 0 saturated heterocycles. The number of ether oxygens (including phenoxy) is 3. The molecule has 2 aromatic rings. The second-order valence-corrected chi connectivity index (χ2v) is 14.9. The number of hydrogen-bond donors (Lipinski definition) is 1. The van der Waals surface area contributed by atoms with Crippen LogP contribution in [-0.4, -0.2) is 24.9 Å². The van der Waals surface area contributed by atoms with Crippen molar-refractivity contribution in [3.05, 3.63) is 54.6 Å². The number of rotatable bonds is 10. The van der Waals surface area contributed by atoms with Crippen LogP contribution in [0.15, 0.2) is 54.6 Å². The van der Waals surface area contributed by atoms with Crippen LogP contribution in [0.1, 0.15) is 0 Å². The molecule has 1 atom stereocenters. The van der Waals surface area contributed by atoms with Crippen molar-refractivity contribution in [1.29, 1.82) is 0 Å². The average molecular weight is 688 g/mol. The number of hydrogen-bond acceptors (Lipinski definition) is 5. The van der Waals surface area contributed by atoms with Gasteiger partial charge in [-0.15, -0.1) is 0 Å². The first-order valence-corrected chi connectivity index (χ1v) is 13.2. The van der Waals surface area contributed by atoms with E-state index in [1.165, 1.54) is 0 Å². The SMILES string of the molecule is O=P(O)(Cl)OC(Br)(Br)COc1ccc(OC(Br)(Br)COc2ccccc2)cc1. The first kappa shape index (κ1) is 24.5. The number of benzene rings is 2. The Labute approximate surface area is 200 Å². The van der Waals surface area contributed by atoms with Crippen molar-refractivity contribution in [2.45, 2.75) is 6.84 Å². The maximum Gasteiger partial charge on any atom is 0.423 e. The van der Waals surface area contributed by atoms with Gasteiger partial charge in [-0.1, -0.05) is 18.2 Å². The molecular formula is C16H14Br4ClO6P. The molecule has 0 bridgehead atoms. The van der Waals surface area contributed by atoms with E-state index in [-0.39, 0.29) is 13.2 Å². The maximum absolute atomic E-state index is 11.1. The van der Waals surface area contributed by atoms with Crippen LogP contribution in [0.2, 0.25) is 0 Å². The Bertz CT molecular complexity index is 801. The van der Waals surface area contributed by atoms with Gasteiger partial charge in [0.1, 0.15) is 30.5 Å². The van der Waals surface area contributed by atoms with Gasteiger partial charge in [0.25, 0.3) is 3.42 Å². The van der Waals surface area contributed by atoms with Gasteiger partial charge in [-0.05, 0) is 100 Å². The van der Waals surface area contributed by atoms with Gasteiger partial charge in [0, 0.05) is 11.2 Å². The highest BCUT2D eigenvalue weighted by Gasteiger charge is 2.33. The second-order valence-electron chi connectivity index (χ2n) is 5.28. The molecule has 0 aliphatic rings. The van der Waals surface area contributed by atoms with E-state index >= 15 is 0 Å². The summed E-state index contributed by atoms with van der Waals surface area (Å²) in [6.07, 6.45) is 0. The molecule has 1 N–H and O–H groups in total. The Kier molecular flexibility index (Phi) is 9.16. The van der Waals surface area contributed by atoms with Crippen LogP contribution in [0.25, 0.3) is 0 Å². The average Bonchev–Trinajstić information content (AvgIpc) is 2.58. The molecule has 2 rings (SSSR count). The molecule has 0 spiro atoms. The fourth-order valence-electron chi connectivity index (χ4n) is 1.85. The van der Waals surface area contributed by atoms with E-state index in [1.807, 2.05) is 30.3 Å². The van der Waals surface area contributed by atoms with Crippen molar-refractivity contribution < 1.29 is 28.2 Å². The summed E-state index contributed by atoms with van der Waals surface area (Å²) >= 11 is 18.2. The molecule has 2 aromatic carbocycles. The first-order valence-electron chi connectivity index (χ1n) is 7.53. The van der Waals surface area contributed by atoms with Crippen LogP contribution in [-0.2, 0) is 9.09 Å². The second kappa shape index (κ2) is 10.5. The zero-order chi connectivity index (χ0) is 20.8. The molecule has 0 aliphatic heterocycles. The van der Waals surface area contributed by atoms with E-state index < -0.39 is 13.8 Å². The number of para-hydroxylation sites is 1. The van der Waals surface area contributed by atoms with Crippen LogP contribution in [0, 0.1) is 0 Å². The number of alkyl halides is 4. The van der Waals surface area contributed by atoms with Crippen molar-refractivity contribution in [2.24, 2.45) is 0 Å². The normalized spacial score (nSPS) is 14.2. The van der Waals surface area contributed by atoms with Crippen LogP contribution >= 0.6 is 81.9 Å². The summed E-state index contributed by atoms with van der Waals surface area (Å²) in [6, 6.07) is 16.1. The summed E-state index contributed by atoms with van der Waals surface area (Å²) in [4.78, 5) is 9.06. The Morgan fingerprint density at radius 3 is 1.82 bits per heavy atom. The van der Waals surface area contributed by atoms with Crippen LogP contribution < -0.4 is 14.2 Å². The van der Waals surface area contributed by atoms with E-state index in [1.54, 1.807) is 24.3 Å². The number of halogens is 5. The van der Waals surface area contributed by atoms with E-state index in [2.05, 4.69) is 63.7 Å². The predicted molar refractivity (Wildman–Crippen MR) is 122 cm³/mol. The third kappa shape index (κ3) is 9.80. The van der Waals surface area contributed by atoms with E-state index in [4.69, 9.17) is 34.9 Å². The molecular weight excluding hydrogens is 674 g/mol. The predicted octanol–water partition coefficient (Wildman–Crippen LogP) is 6.77. The molecule has 0 aliphatic carbocycles. The Hall–Kier alpha value is 0.200. The summed E-state index contributed by atoms with van der Waals surface area (Å²) in [5, 5.41) is 0. The molecule has 0 fully saturated rings. The largest absolute Gasteiger partial charge is 0.489 e. The standard InChI is InChI=1S/C16H14Br4ClO6P/c17-15(18,10-24-12-4-2-1-3-5-12)26-14-8-6-13(7-9-14)25-11-16(19,20)27-28(21,22)23/h1-9H,10-11H2,(H,22,23). The van der Waals surface area contributed by atoms with Crippen LogP contribution in [0.5, 0.6) is 17.2 Å². The van der Waals surface area contributed by atoms with Crippen molar-refractivity contribution in [3.63, 3.8) is 0 Å². The zero-order valence-electron chi connectivity index (χ0n) is 13.9. The lowest BCUT2D eigenvalue weighted by Gasteiger charge is -2.23. The van der Waals surface area contributed by atoms with Crippen molar-refractivity contribution in [3.8, 4) is 17.2 Å². The fraction of sp³-hybridized carbons (Fsp3) is 0.250. The van der Waals surface area contributed by atoms with Crippen molar-refractivity contribution in [1.82, 2.24) is 0 Å². The first-order chi connectivity index (χ1) is 12.9. The van der Waals surface area contributed by atoms with Gasteiger partial charge < -0.3 is 19.1 Å². The minimum Gasteiger partial charge on any atom is -0.489 e. The summed E-state index contributed by atoms with van der Waals surface area (Å²) in [5.74, 6) is 1.76. The minimum atomic E-state index is -4.21. The molecule has 0 heterocycles. The van der Waals surface area contributed by atoms with Gasteiger partial charge in [0.05, 0.1) is 0 Å². The van der Waals surface area contributed by atoms with Crippen LogP contribution in [0.4, 0.5) is 0 Å². The van der Waals surface area contributed by atoms with E-state index in [9.17, 15) is 4.57 Å². The molecule has 28 heavy (non-hydrogen) atoms. The quantitative estimate of drug-likeness (QED) is 0.220. The summed E-state index contributed by atoms with van der Waals surface area (Å²) in [5.41, 5.74) is 0. The molecule has 0 amide bonds. The van der Waals surface area contributed by atoms with E-state index in [0.717, 1.165) is 5.75 Å². The fourth-order valence-corrected chi connectivity index (χ4v) is 5.09. The van der Waals surface area contributed by atoms with Gasteiger partial charge in [0.2, 0.25) is 3.42 Å². The lowest BCUT2D eigenvalue weighted by molar-refractivity contribution is 0.166. The van der Waals surface area contributed by atoms with Gasteiger partial charge in [-0.3, -0.25) is 4.52 Å². The van der Waals surface area contributed by atoms with Gasteiger partial charge in [-0.2, -0.15) is 0 Å². The third-order valence-corrected chi connectivity index (χ3v) is 5.70. The summed E-state index contributed by atoms with van der Waals surface area (Å²) < 4.78 is 30.5. The Morgan fingerprint density at radius 1 is 0.821 bits per heavy atom. The van der Waals surface area contributed by atoms with E-state index in [0.29, 0.717) is 11.5 Å². The Morgan fingerprint density at radius 2 is 1.29 bits per heavy atom. The smallest absolute Gasteiger partial charge is 0.423 e. The molecule has 0 aromatic heterocycles. The van der Waals surface area contributed by atoms with Crippen LogP contribution in [0.3, 0.4) is 0 Å². The molecule has 0 saturated carbocycles. The van der Waals surface area contributed by atoms with Gasteiger partial charge >= 0.3 is 6.95 Å². The molecule has 154 valence electrons. The Balaban J connectivity index is 1.86. The molecule has 0 radical (unpaired) electrons. The van der Waals surface area contributed by atoms with Crippen molar-refractivity contribution >= 4 is 81.9 Å².